The zero-order chi connectivity index (χ0) is 29.4. The van der Waals surface area contributed by atoms with Gasteiger partial charge in [-0.2, -0.15) is 13.2 Å². The minimum absolute atomic E-state index is 0.00197. The fourth-order valence-corrected chi connectivity index (χ4v) is 4.43. The van der Waals surface area contributed by atoms with Crippen molar-refractivity contribution < 1.29 is 38.1 Å². The summed E-state index contributed by atoms with van der Waals surface area (Å²) in [5.74, 6) is -1.63. The molecule has 216 valence electrons. The van der Waals surface area contributed by atoms with Gasteiger partial charge in [0.15, 0.2) is 5.13 Å². The predicted molar refractivity (Wildman–Crippen MR) is 147 cm³/mol. The van der Waals surface area contributed by atoms with Crippen LogP contribution in [0.5, 0.6) is 0 Å². The summed E-state index contributed by atoms with van der Waals surface area (Å²) in [5.41, 5.74) is 6.90. The van der Waals surface area contributed by atoms with Gasteiger partial charge in [0, 0.05) is 42.3 Å². The highest BCUT2D eigenvalue weighted by molar-refractivity contribution is 7.17. The zero-order valence-electron chi connectivity index (χ0n) is 21.5. The Hall–Kier alpha value is -3.88. The van der Waals surface area contributed by atoms with Crippen LogP contribution >= 0.6 is 11.3 Å². The van der Waals surface area contributed by atoms with Crippen molar-refractivity contribution in [1.29, 1.82) is 0 Å². The van der Waals surface area contributed by atoms with Crippen LogP contribution in [0.3, 0.4) is 0 Å². The first-order chi connectivity index (χ1) is 18.9. The number of aromatic nitrogens is 1. The second kappa shape index (κ2) is 13.5. The fourth-order valence-electron chi connectivity index (χ4n) is 3.75. The molecule has 1 aromatic heterocycles. The molecule has 0 saturated carbocycles. The number of piperidine rings is 1. The molecule has 0 atom stereocenters. The normalized spacial score (nSPS) is 13.8. The number of aliphatic hydroxyl groups is 2. The van der Waals surface area contributed by atoms with Crippen molar-refractivity contribution in [2.24, 2.45) is 0 Å². The number of rotatable bonds is 7. The lowest BCUT2D eigenvalue weighted by atomic mass is 10.0. The minimum atomic E-state index is -4.57. The number of carbonyl (C=O) groups excluding carboxylic acids is 1. The number of hydrogen-bond acceptors (Lipinski definition) is 9. The lowest BCUT2D eigenvalue weighted by Crippen LogP contribution is -2.36. The molecule has 1 aliphatic rings. The quantitative estimate of drug-likeness (QED) is 0.226. The molecule has 0 radical (unpaired) electrons. The third-order valence-corrected chi connectivity index (χ3v) is 6.92. The number of nitrogens with zero attached hydrogens (tertiary/aromatic N) is 2. The fraction of sp³-hybridized carbons (Fsp3) is 0.346. The van der Waals surface area contributed by atoms with Crippen LogP contribution in [0.25, 0.3) is 0 Å². The molecule has 2 aromatic carbocycles. The highest BCUT2D eigenvalue weighted by atomic mass is 32.1. The van der Waals surface area contributed by atoms with Gasteiger partial charge >= 0.3 is 12.1 Å². The summed E-state index contributed by atoms with van der Waals surface area (Å²) in [6.07, 6.45) is -2.79. The summed E-state index contributed by atoms with van der Waals surface area (Å²) >= 11 is 1.05. The number of halogens is 3. The maximum absolute atomic E-state index is 13.4. The molecule has 2 heterocycles. The second-order valence-corrected chi connectivity index (χ2v) is 10.0. The van der Waals surface area contributed by atoms with E-state index in [1.807, 2.05) is 6.92 Å². The van der Waals surface area contributed by atoms with Crippen molar-refractivity contribution in [1.82, 2.24) is 4.98 Å². The van der Waals surface area contributed by atoms with E-state index in [1.54, 1.807) is 23.1 Å². The molecule has 7 N–H and O–H groups in total. The van der Waals surface area contributed by atoms with Gasteiger partial charge in [-0.15, -0.1) is 0 Å². The molecule has 1 amide bonds. The second-order valence-electron chi connectivity index (χ2n) is 9.00. The summed E-state index contributed by atoms with van der Waals surface area (Å²) in [6.45, 7) is 3.06. The van der Waals surface area contributed by atoms with Crippen LogP contribution in [0.1, 0.15) is 44.0 Å². The number of benzene rings is 2. The molecule has 10 nitrogen and oxygen atoms in total. The van der Waals surface area contributed by atoms with Gasteiger partial charge in [0.25, 0.3) is 5.91 Å². The molecular formula is C26H30F3N5O5S. The van der Waals surface area contributed by atoms with Crippen LogP contribution in [0, 0.1) is 6.92 Å². The number of nitrogen functional groups attached to an aromatic ring is 1. The first-order valence-electron chi connectivity index (χ1n) is 12.2. The Bertz CT molecular complexity index is 1330. The summed E-state index contributed by atoms with van der Waals surface area (Å²) in [4.78, 5) is 28.7. The smallest absolute Gasteiger partial charge is 0.416 e. The van der Waals surface area contributed by atoms with Crippen LogP contribution < -0.4 is 21.3 Å². The predicted octanol–water partition coefficient (Wildman–Crippen LogP) is 4.05. The van der Waals surface area contributed by atoms with E-state index >= 15 is 0 Å². The Balaban J connectivity index is 0.000000307. The van der Waals surface area contributed by atoms with Crippen molar-refractivity contribution in [3.8, 4) is 0 Å². The standard InChI is InChI=1S/C20H22F3N3O2.C6H8N2O3S/c1-12-2-3-15(11-18(12)24)25-19(28)13-8-14(20(21,22)23)10-16(9-13)26-6-4-17(27)5-7-26;9-2-1-7-6-8-3-4(12-6)5(10)11/h2-3,8-11,17,27H,4-7,24H2,1H3,(H,25,28);3,9H,1-2H2,(H,7,8)(H,10,11). The van der Waals surface area contributed by atoms with Crippen LogP contribution in [-0.2, 0) is 6.18 Å². The Morgan fingerprint density at radius 2 is 1.88 bits per heavy atom. The summed E-state index contributed by atoms with van der Waals surface area (Å²) in [7, 11) is 0. The molecule has 4 rings (SSSR count). The first-order valence-corrected chi connectivity index (χ1v) is 13.1. The van der Waals surface area contributed by atoms with E-state index < -0.39 is 29.7 Å². The number of carboxylic acids is 1. The summed E-state index contributed by atoms with van der Waals surface area (Å²) in [5, 5.41) is 32.5. The number of carboxylic acid groups (broad SMARTS) is 1. The number of anilines is 4. The van der Waals surface area contributed by atoms with Crippen LogP contribution in [0.4, 0.5) is 35.4 Å². The number of aryl methyl sites for hydroxylation is 1. The monoisotopic (exact) mass is 581 g/mol. The number of nitrogens with two attached hydrogens (primary N) is 1. The molecule has 14 heteroatoms. The number of hydrogen-bond donors (Lipinski definition) is 6. The van der Waals surface area contributed by atoms with Gasteiger partial charge in [-0.1, -0.05) is 17.4 Å². The maximum Gasteiger partial charge on any atom is 0.416 e. The molecule has 1 saturated heterocycles. The molecule has 0 bridgehead atoms. The summed E-state index contributed by atoms with van der Waals surface area (Å²) < 4.78 is 40.1. The van der Waals surface area contributed by atoms with E-state index in [0.29, 0.717) is 54.7 Å². The van der Waals surface area contributed by atoms with Crippen molar-refractivity contribution in [2.75, 3.05) is 47.5 Å². The van der Waals surface area contributed by atoms with Crippen molar-refractivity contribution >= 4 is 45.4 Å². The van der Waals surface area contributed by atoms with Gasteiger partial charge in [0.2, 0.25) is 0 Å². The van der Waals surface area contributed by atoms with E-state index in [2.05, 4.69) is 15.6 Å². The van der Waals surface area contributed by atoms with Crippen molar-refractivity contribution in [3.63, 3.8) is 0 Å². The van der Waals surface area contributed by atoms with E-state index in [-0.39, 0.29) is 17.0 Å². The number of thiazole rings is 1. The van der Waals surface area contributed by atoms with Crippen LogP contribution in [-0.4, -0.2) is 64.5 Å². The van der Waals surface area contributed by atoms with Crippen LogP contribution in [0.2, 0.25) is 0 Å². The van der Waals surface area contributed by atoms with Crippen LogP contribution in [0.15, 0.2) is 42.6 Å². The van der Waals surface area contributed by atoms with Crippen molar-refractivity contribution in [2.45, 2.75) is 32.0 Å². The van der Waals surface area contributed by atoms with E-state index in [1.165, 1.54) is 12.3 Å². The highest BCUT2D eigenvalue weighted by Crippen LogP contribution is 2.34. The Morgan fingerprint density at radius 3 is 2.45 bits per heavy atom. The number of nitrogens with one attached hydrogen (secondary N) is 2. The minimum Gasteiger partial charge on any atom is -0.477 e. The lowest BCUT2D eigenvalue weighted by Gasteiger charge is -2.32. The summed E-state index contributed by atoms with van der Waals surface area (Å²) in [6, 6.07) is 8.26. The number of aromatic carboxylic acids is 1. The largest absolute Gasteiger partial charge is 0.477 e. The lowest BCUT2D eigenvalue weighted by molar-refractivity contribution is -0.137. The van der Waals surface area contributed by atoms with Gasteiger partial charge in [0.1, 0.15) is 4.88 Å². The Labute approximate surface area is 232 Å². The average molecular weight is 582 g/mol. The molecule has 3 aromatic rings. The molecule has 0 spiro atoms. The number of carbonyl (C=O) groups is 2. The molecule has 0 aliphatic carbocycles. The zero-order valence-corrected chi connectivity index (χ0v) is 22.3. The van der Waals surface area contributed by atoms with E-state index in [9.17, 15) is 27.9 Å². The molecular weight excluding hydrogens is 551 g/mol. The van der Waals surface area contributed by atoms with E-state index in [0.717, 1.165) is 29.0 Å². The Morgan fingerprint density at radius 1 is 1.18 bits per heavy atom. The van der Waals surface area contributed by atoms with Gasteiger partial charge in [0.05, 0.1) is 24.5 Å². The topological polar surface area (TPSA) is 161 Å². The molecule has 1 aliphatic heterocycles. The van der Waals surface area contributed by atoms with Gasteiger partial charge in [-0.25, -0.2) is 9.78 Å². The van der Waals surface area contributed by atoms with Gasteiger partial charge in [-0.3, -0.25) is 4.79 Å². The molecule has 0 unspecified atom stereocenters. The highest BCUT2D eigenvalue weighted by Gasteiger charge is 2.33. The molecule has 1 fully saturated rings. The number of aliphatic hydroxyl groups excluding tert-OH is 2. The Kier molecular flexibility index (Phi) is 10.3. The number of alkyl halides is 3. The number of amides is 1. The van der Waals surface area contributed by atoms with Gasteiger partial charge < -0.3 is 36.6 Å². The third-order valence-electron chi connectivity index (χ3n) is 5.98. The maximum atomic E-state index is 13.4. The molecule has 40 heavy (non-hydrogen) atoms. The SMILES string of the molecule is Cc1ccc(NC(=O)c2cc(N3CCC(O)CC3)cc(C(F)(F)F)c2)cc1N.O=C(O)c1cnc(NCCO)s1. The third kappa shape index (κ3) is 8.56. The average Bonchev–Trinajstić information content (AvgIpc) is 3.39. The van der Waals surface area contributed by atoms with Crippen molar-refractivity contribution in [3.05, 3.63) is 64.2 Å². The van der Waals surface area contributed by atoms with Gasteiger partial charge in [-0.05, 0) is 55.7 Å². The van der Waals surface area contributed by atoms with E-state index in [4.69, 9.17) is 15.9 Å². The first kappa shape index (κ1) is 30.7.